The number of para-hydroxylation sites is 1. The number of benzene rings is 3. The third-order valence-corrected chi connectivity index (χ3v) is 6.73. The van der Waals surface area contributed by atoms with Crippen molar-refractivity contribution < 1.29 is 22.3 Å². The molecule has 1 aromatic heterocycles. The van der Waals surface area contributed by atoms with Crippen LogP contribution in [0.4, 0.5) is 9.18 Å². The first kappa shape index (κ1) is 25.0. The highest BCUT2D eigenvalue weighted by Gasteiger charge is 2.17. The highest BCUT2D eigenvalue weighted by molar-refractivity contribution is 7.89. The van der Waals surface area contributed by atoms with Crippen molar-refractivity contribution in [1.82, 2.24) is 15.0 Å². The Labute approximate surface area is 209 Å². The smallest absolute Gasteiger partial charge is 0.410 e. The quantitative estimate of drug-likeness (QED) is 0.344. The van der Waals surface area contributed by atoms with Crippen LogP contribution in [0.1, 0.15) is 11.3 Å². The van der Waals surface area contributed by atoms with Crippen LogP contribution >= 0.6 is 0 Å². The number of carbonyl (C=O) groups is 1. The number of aromatic nitrogens is 1. The number of carbonyl (C=O) groups excluding carboxylic acids is 1. The fraction of sp³-hybridized carbons (Fsp3) is 0.111. The summed E-state index contributed by atoms with van der Waals surface area (Å²) in [6.45, 7) is 0.316. The number of rotatable bonds is 9. The lowest BCUT2D eigenvalue weighted by molar-refractivity contribution is 0.201. The van der Waals surface area contributed by atoms with Gasteiger partial charge in [0.15, 0.2) is 0 Å². The van der Waals surface area contributed by atoms with Crippen LogP contribution in [0, 0.1) is 5.82 Å². The van der Waals surface area contributed by atoms with Crippen molar-refractivity contribution in [3.05, 3.63) is 114 Å². The van der Waals surface area contributed by atoms with Crippen LogP contribution in [0.15, 0.2) is 102 Å². The molecule has 184 valence electrons. The van der Waals surface area contributed by atoms with E-state index in [2.05, 4.69) is 15.0 Å². The number of sulfonamides is 1. The zero-order valence-electron chi connectivity index (χ0n) is 19.2. The van der Waals surface area contributed by atoms with E-state index in [-0.39, 0.29) is 11.4 Å². The second-order valence-corrected chi connectivity index (χ2v) is 9.59. The van der Waals surface area contributed by atoms with Crippen molar-refractivity contribution >= 4 is 16.1 Å². The molecule has 0 atom stereocenters. The molecule has 0 spiro atoms. The molecule has 0 bridgehead atoms. The van der Waals surface area contributed by atoms with Gasteiger partial charge < -0.3 is 10.1 Å². The maximum atomic E-state index is 13.5. The molecule has 0 saturated carbocycles. The van der Waals surface area contributed by atoms with Crippen molar-refractivity contribution in [3.63, 3.8) is 0 Å². The topological polar surface area (TPSA) is 97.4 Å². The Balaban J connectivity index is 1.47. The Morgan fingerprint density at radius 3 is 2.42 bits per heavy atom. The molecule has 4 rings (SSSR count). The van der Waals surface area contributed by atoms with Gasteiger partial charge in [0.1, 0.15) is 11.6 Å². The maximum Gasteiger partial charge on any atom is 0.412 e. The third kappa shape index (κ3) is 6.53. The molecule has 4 aromatic rings. The molecule has 0 saturated heterocycles. The van der Waals surface area contributed by atoms with E-state index in [0.717, 1.165) is 11.8 Å². The summed E-state index contributed by atoms with van der Waals surface area (Å²) in [4.78, 5) is 16.5. The van der Waals surface area contributed by atoms with Gasteiger partial charge in [-0.05, 0) is 47.5 Å². The summed E-state index contributed by atoms with van der Waals surface area (Å²) in [5.74, 6) is -0.309. The summed E-state index contributed by atoms with van der Waals surface area (Å²) in [5.41, 5.74) is 2.83. The molecule has 36 heavy (non-hydrogen) atoms. The fourth-order valence-electron chi connectivity index (χ4n) is 3.58. The van der Waals surface area contributed by atoms with E-state index < -0.39 is 21.9 Å². The van der Waals surface area contributed by atoms with Crippen molar-refractivity contribution in [2.45, 2.75) is 17.9 Å². The number of nitrogens with zero attached hydrogens (tertiary/aromatic N) is 1. The largest absolute Gasteiger partial charge is 0.412 e. The SMILES string of the molecule is O=C(NCCc1ccccn1)Oc1ccccc1-c1ccccc1CNS(=O)(=O)c1cccc(F)c1. The normalized spacial score (nSPS) is 11.1. The van der Waals surface area contributed by atoms with Crippen LogP contribution in [0.25, 0.3) is 11.1 Å². The van der Waals surface area contributed by atoms with E-state index >= 15 is 0 Å². The van der Waals surface area contributed by atoms with E-state index in [1.807, 2.05) is 30.3 Å². The van der Waals surface area contributed by atoms with E-state index in [0.29, 0.717) is 35.4 Å². The Morgan fingerprint density at radius 1 is 0.889 bits per heavy atom. The number of ether oxygens (including phenoxy) is 1. The van der Waals surface area contributed by atoms with Gasteiger partial charge in [0.05, 0.1) is 4.90 Å². The van der Waals surface area contributed by atoms with E-state index in [4.69, 9.17) is 4.74 Å². The average Bonchev–Trinajstić information content (AvgIpc) is 2.89. The summed E-state index contributed by atoms with van der Waals surface area (Å²) >= 11 is 0. The molecule has 7 nitrogen and oxygen atoms in total. The van der Waals surface area contributed by atoms with Gasteiger partial charge in [-0.1, -0.05) is 54.6 Å². The molecule has 0 aliphatic rings. The van der Waals surface area contributed by atoms with Gasteiger partial charge in [-0.2, -0.15) is 0 Å². The summed E-state index contributed by atoms with van der Waals surface area (Å²) in [5, 5.41) is 2.72. The molecule has 1 heterocycles. The van der Waals surface area contributed by atoms with Gasteiger partial charge in [-0.15, -0.1) is 0 Å². The van der Waals surface area contributed by atoms with Crippen LogP contribution in [0.5, 0.6) is 5.75 Å². The highest BCUT2D eigenvalue weighted by Crippen LogP contribution is 2.32. The summed E-state index contributed by atoms with van der Waals surface area (Å²) in [7, 11) is -3.93. The lowest BCUT2D eigenvalue weighted by Crippen LogP contribution is -2.29. The number of pyridine rings is 1. The lowest BCUT2D eigenvalue weighted by atomic mass is 9.99. The number of amides is 1. The van der Waals surface area contributed by atoms with E-state index in [9.17, 15) is 17.6 Å². The van der Waals surface area contributed by atoms with Gasteiger partial charge in [-0.25, -0.2) is 22.3 Å². The Hall–Kier alpha value is -4.08. The fourth-order valence-corrected chi connectivity index (χ4v) is 4.62. The molecular formula is C27H24FN3O4S. The minimum absolute atomic E-state index is 0.0420. The van der Waals surface area contributed by atoms with Gasteiger partial charge in [-0.3, -0.25) is 4.98 Å². The van der Waals surface area contributed by atoms with Gasteiger partial charge in [0.2, 0.25) is 10.0 Å². The second kappa shape index (κ2) is 11.6. The molecule has 0 radical (unpaired) electrons. The molecule has 2 N–H and O–H groups in total. The number of hydrogen-bond acceptors (Lipinski definition) is 5. The summed E-state index contributed by atoms with van der Waals surface area (Å²) in [6.07, 6.45) is 1.65. The van der Waals surface area contributed by atoms with Gasteiger partial charge in [0, 0.05) is 37.0 Å². The van der Waals surface area contributed by atoms with Crippen LogP contribution < -0.4 is 14.8 Å². The van der Waals surface area contributed by atoms with E-state index in [1.54, 1.807) is 42.6 Å². The first-order valence-electron chi connectivity index (χ1n) is 11.2. The molecule has 0 unspecified atom stereocenters. The zero-order chi connectivity index (χ0) is 25.4. The van der Waals surface area contributed by atoms with Crippen molar-refractivity contribution in [1.29, 1.82) is 0 Å². The Bertz CT molecular complexity index is 1450. The predicted molar refractivity (Wildman–Crippen MR) is 134 cm³/mol. The Morgan fingerprint density at radius 2 is 1.64 bits per heavy atom. The Kier molecular flexibility index (Phi) is 8.04. The standard InChI is InChI=1S/C27H24FN3O4S/c28-21-9-7-11-23(18-21)36(33,34)31-19-20-8-1-2-12-24(20)25-13-3-4-14-26(25)35-27(32)30-17-15-22-10-5-6-16-29-22/h1-14,16,18,31H,15,17,19H2,(H,30,32). The number of hydrogen-bond donors (Lipinski definition) is 2. The highest BCUT2D eigenvalue weighted by atomic mass is 32.2. The molecule has 0 aliphatic heterocycles. The van der Waals surface area contributed by atoms with Gasteiger partial charge in [0.25, 0.3) is 0 Å². The number of halogens is 1. The van der Waals surface area contributed by atoms with E-state index in [1.165, 1.54) is 18.2 Å². The average molecular weight is 506 g/mol. The predicted octanol–water partition coefficient (Wildman–Crippen LogP) is 4.70. The first-order valence-corrected chi connectivity index (χ1v) is 12.7. The van der Waals surface area contributed by atoms with Crippen LogP contribution in [-0.2, 0) is 23.0 Å². The lowest BCUT2D eigenvalue weighted by Gasteiger charge is -2.15. The minimum Gasteiger partial charge on any atom is -0.410 e. The maximum absolute atomic E-state index is 13.5. The monoisotopic (exact) mass is 505 g/mol. The molecule has 9 heteroatoms. The zero-order valence-corrected chi connectivity index (χ0v) is 20.0. The molecule has 3 aromatic carbocycles. The van der Waals surface area contributed by atoms with Gasteiger partial charge >= 0.3 is 6.09 Å². The first-order chi connectivity index (χ1) is 17.4. The van der Waals surface area contributed by atoms with Crippen molar-refractivity contribution in [2.24, 2.45) is 0 Å². The number of nitrogens with one attached hydrogen (secondary N) is 2. The van der Waals surface area contributed by atoms with Crippen molar-refractivity contribution in [3.8, 4) is 16.9 Å². The van der Waals surface area contributed by atoms with Crippen LogP contribution in [0.2, 0.25) is 0 Å². The molecular weight excluding hydrogens is 481 g/mol. The summed E-state index contributed by atoms with van der Waals surface area (Å²) in [6, 6.07) is 24.6. The van der Waals surface area contributed by atoms with Crippen LogP contribution in [0.3, 0.4) is 0 Å². The molecule has 1 amide bonds. The van der Waals surface area contributed by atoms with Crippen molar-refractivity contribution in [2.75, 3.05) is 6.54 Å². The van der Waals surface area contributed by atoms with Crippen LogP contribution in [-0.4, -0.2) is 26.0 Å². The molecule has 0 aliphatic carbocycles. The third-order valence-electron chi connectivity index (χ3n) is 5.33. The second-order valence-electron chi connectivity index (χ2n) is 7.82. The molecule has 0 fully saturated rings. The summed E-state index contributed by atoms with van der Waals surface area (Å²) < 4.78 is 46.9. The minimum atomic E-state index is -3.93.